The van der Waals surface area contributed by atoms with Crippen molar-refractivity contribution in [2.75, 3.05) is 33.4 Å². The van der Waals surface area contributed by atoms with Crippen LogP contribution in [0.15, 0.2) is 17.4 Å². The lowest BCUT2D eigenvalue weighted by molar-refractivity contribution is 0.157. The third-order valence-corrected chi connectivity index (χ3v) is 3.49. The van der Waals surface area contributed by atoms with Crippen molar-refractivity contribution >= 4 is 29.9 Å². The highest BCUT2D eigenvalue weighted by molar-refractivity contribution is 14.0. The molecule has 1 aliphatic heterocycles. The van der Waals surface area contributed by atoms with E-state index in [1.807, 2.05) is 24.1 Å². The van der Waals surface area contributed by atoms with Crippen molar-refractivity contribution in [1.29, 1.82) is 0 Å². The first kappa shape index (κ1) is 18.2. The zero-order valence-electron chi connectivity index (χ0n) is 13.1. The Balaban J connectivity index is 0.00000220. The van der Waals surface area contributed by atoms with Gasteiger partial charge in [-0.15, -0.1) is 24.0 Å². The van der Waals surface area contributed by atoms with E-state index in [9.17, 15) is 0 Å². The summed E-state index contributed by atoms with van der Waals surface area (Å²) in [4.78, 5) is 7.03. The average Bonchev–Trinajstić information content (AvgIpc) is 3.04. The summed E-state index contributed by atoms with van der Waals surface area (Å²) < 4.78 is 7.06. The Labute approximate surface area is 144 Å². The van der Waals surface area contributed by atoms with Gasteiger partial charge in [-0.2, -0.15) is 5.10 Å². The second-order valence-electron chi connectivity index (χ2n) is 5.25. The minimum Gasteiger partial charge on any atom is -0.384 e. The Bertz CT molecular complexity index is 448. The number of hydrogen-bond acceptors (Lipinski definition) is 3. The van der Waals surface area contributed by atoms with Gasteiger partial charge in [0, 0.05) is 51.5 Å². The standard InChI is InChI=1S/C14H25N5O.HI/c1-4-15-14(16-7-13-8-17-18(2)9-13)19-6-5-12(10-19)11-20-3;/h8-9,12H,4-7,10-11H2,1-3H3,(H,15,16);1H. The fraction of sp³-hybridized carbons (Fsp3) is 0.714. The van der Waals surface area contributed by atoms with Gasteiger partial charge in [-0.05, 0) is 13.3 Å². The minimum absolute atomic E-state index is 0. The van der Waals surface area contributed by atoms with E-state index < -0.39 is 0 Å². The Kier molecular flexibility index (Phi) is 8.02. The second kappa shape index (κ2) is 9.24. The molecule has 0 aromatic carbocycles. The van der Waals surface area contributed by atoms with Crippen LogP contribution in [0.4, 0.5) is 0 Å². The molecule has 1 aliphatic rings. The molecular weight excluding hydrogens is 381 g/mol. The van der Waals surface area contributed by atoms with Gasteiger partial charge in [0.05, 0.1) is 19.3 Å². The van der Waals surface area contributed by atoms with Gasteiger partial charge in [0.1, 0.15) is 0 Å². The van der Waals surface area contributed by atoms with Crippen LogP contribution < -0.4 is 5.32 Å². The summed E-state index contributed by atoms with van der Waals surface area (Å²) in [6.07, 6.45) is 5.04. The number of aromatic nitrogens is 2. The van der Waals surface area contributed by atoms with Gasteiger partial charge in [0.15, 0.2) is 5.96 Å². The lowest BCUT2D eigenvalue weighted by Crippen LogP contribution is -2.40. The highest BCUT2D eigenvalue weighted by Crippen LogP contribution is 2.16. The lowest BCUT2D eigenvalue weighted by atomic mass is 10.1. The van der Waals surface area contributed by atoms with Crippen molar-refractivity contribution < 1.29 is 4.74 Å². The first-order valence-corrected chi connectivity index (χ1v) is 7.22. The van der Waals surface area contributed by atoms with Gasteiger partial charge in [-0.25, -0.2) is 4.99 Å². The average molecular weight is 407 g/mol. The molecule has 2 heterocycles. The van der Waals surface area contributed by atoms with Crippen LogP contribution in [0.25, 0.3) is 0 Å². The molecule has 1 saturated heterocycles. The minimum atomic E-state index is 0. The first-order chi connectivity index (χ1) is 9.72. The van der Waals surface area contributed by atoms with Crippen LogP contribution in [-0.4, -0.2) is 54.0 Å². The van der Waals surface area contributed by atoms with Gasteiger partial charge < -0.3 is 15.0 Å². The fourth-order valence-corrected chi connectivity index (χ4v) is 2.54. The Hall–Kier alpha value is -0.830. The number of halogens is 1. The maximum absolute atomic E-state index is 5.25. The van der Waals surface area contributed by atoms with Gasteiger partial charge in [-0.1, -0.05) is 0 Å². The van der Waals surface area contributed by atoms with Crippen molar-refractivity contribution in [2.45, 2.75) is 19.9 Å². The third-order valence-electron chi connectivity index (χ3n) is 3.49. The van der Waals surface area contributed by atoms with E-state index >= 15 is 0 Å². The molecule has 0 amide bonds. The maximum Gasteiger partial charge on any atom is 0.194 e. The molecule has 0 spiro atoms. The molecule has 0 saturated carbocycles. The molecule has 7 heteroatoms. The van der Waals surface area contributed by atoms with Gasteiger partial charge in [-0.3, -0.25) is 4.68 Å². The quantitative estimate of drug-likeness (QED) is 0.457. The van der Waals surface area contributed by atoms with E-state index in [1.165, 1.54) is 6.42 Å². The monoisotopic (exact) mass is 407 g/mol. The van der Waals surface area contributed by atoms with E-state index in [-0.39, 0.29) is 24.0 Å². The maximum atomic E-state index is 5.25. The Morgan fingerprint density at radius 3 is 3.00 bits per heavy atom. The van der Waals surface area contributed by atoms with Crippen LogP contribution in [0.1, 0.15) is 18.9 Å². The summed E-state index contributed by atoms with van der Waals surface area (Å²) in [5.74, 6) is 1.61. The molecule has 21 heavy (non-hydrogen) atoms. The van der Waals surface area contributed by atoms with E-state index in [0.29, 0.717) is 12.5 Å². The van der Waals surface area contributed by atoms with Crippen molar-refractivity contribution in [2.24, 2.45) is 18.0 Å². The predicted molar refractivity (Wildman–Crippen MR) is 95.0 cm³/mol. The molecule has 1 fully saturated rings. The van der Waals surface area contributed by atoms with Crippen LogP contribution in [0.2, 0.25) is 0 Å². The SMILES string of the molecule is CCNC(=NCc1cnn(C)c1)N1CCC(COC)C1.I. The molecule has 0 aliphatic carbocycles. The van der Waals surface area contributed by atoms with Crippen molar-refractivity contribution in [3.05, 3.63) is 18.0 Å². The Morgan fingerprint density at radius 2 is 2.38 bits per heavy atom. The number of aryl methyl sites for hydroxylation is 1. The third kappa shape index (κ3) is 5.46. The molecule has 6 nitrogen and oxygen atoms in total. The van der Waals surface area contributed by atoms with E-state index in [1.54, 1.807) is 7.11 Å². The number of nitrogens with one attached hydrogen (secondary N) is 1. The van der Waals surface area contributed by atoms with Crippen LogP contribution in [0.5, 0.6) is 0 Å². The van der Waals surface area contributed by atoms with Crippen LogP contribution in [0, 0.1) is 5.92 Å². The normalized spacial score (nSPS) is 18.7. The van der Waals surface area contributed by atoms with E-state index in [2.05, 4.69) is 22.2 Å². The number of nitrogens with zero attached hydrogens (tertiary/aromatic N) is 4. The van der Waals surface area contributed by atoms with Gasteiger partial charge in [0.2, 0.25) is 0 Å². The molecule has 2 rings (SSSR count). The van der Waals surface area contributed by atoms with E-state index in [0.717, 1.165) is 37.8 Å². The predicted octanol–water partition coefficient (Wildman–Crippen LogP) is 1.47. The van der Waals surface area contributed by atoms with Crippen LogP contribution >= 0.6 is 24.0 Å². The molecule has 0 bridgehead atoms. The molecule has 1 N–H and O–H groups in total. The molecule has 1 unspecified atom stereocenters. The number of rotatable bonds is 5. The van der Waals surface area contributed by atoms with E-state index in [4.69, 9.17) is 9.73 Å². The van der Waals surface area contributed by atoms with Crippen LogP contribution in [-0.2, 0) is 18.3 Å². The molecule has 1 atom stereocenters. The van der Waals surface area contributed by atoms with Crippen LogP contribution in [0.3, 0.4) is 0 Å². The van der Waals surface area contributed by atoms with Crippen molar-refractivity contribution in [3.8, 4) is 0 Å². The van der Waals surface area contributed by atoms with Crippen molar-refractivity contribution in [3.63, 3.8) is 0 Å². The summed E-state index contributed by atoms with van der Waals surface area (Å²) in [5, 5.41) is 7.54. The highest BCUT2D eigenvalue weighted by Gasteiger charge is 2.24. The molecule has 120 valence electrons. The second-order valence-corrected chi connectivity index (χ2v) is 5.25. The summed E-state index contributed by atoms with van der Waals surface area (Å²) >= 11 is 0. The number of methoxy groups -OCH3 is 1. The summed E-state index contributed by atoms with van der Waals surface area (Å²) in [5.41, 5.74) is 1.13. The van der Waals surface area contributed by atoms with Gasteiger partial charge >= 0.3 is 0 Å². The zero-order chi connectivity index (χ0) is 14.4. The molecular formula is C14H26IN5O. The summed E-state index contributed by atoms with van der Waals surface area (Å²) in [7, 11) is 3.69. The number of ether oxygens (including phenoxy) is 1. The largest absolute Gasteiger partial charge is 0.384 e. The lowest BCUT2D eigenvalue weighted by Gasteiger charge is -2.21. The Morgan fingerprint density at radius 1 is 1.57 bits per heavy atom. The topological polar surface area (TPSA) is 54.7 Å². The fourth-order valence-electron chi connectivity index (χ4n) is 2.54. The number of aliphatic imine (C=N–C) groups is 1. The first-order valence-electron chi connectivity index (χ1n) is 7.22. The molecule has 1 aromatic rings. The summed E-state index contributed by atoms with van der Waals surface area (Å²) in [6.45, 7) is 6.55. The number of likely N-dealkylation sites (tertiary alicyclic amines) is 1. The smallest absolute Gasteiger partial charge is 0.194 e. The highest BCUT2D eigenvalue weighted by atomic mass is 127. The zero-order valence-corrected chi connectivity index (χ0v) is 15.4. The molecule has 0 radical (unpaired) electrons. The van der Waals surface area contributed by atoms with Crippen molar-refractivity contribution in [1.82, 2.24) is 20.0 Å². The number of guanidine groups is 1. The number of hydrogen-bond donors (Lipinski definition) is 1. The van der Waals surface area contributed by atoms with Gasteiger partial charge in [0.25, 0.3) is 0 Å². The molecule has 1 aromatic heterocycles. The summed E-state index contributed by atoms with van der Waals surface area (Å²) in [6, 6.07) is 0.